The lowest BCUT2D eigenvalue weighted by atomic mass is 9.98. The minimum Gasteiger partial charge on any atom is -0.492 e. The molecule has 116 valence electrons. The van der Waals surface area contributed by atoms with Crippen molar-refractivity contribution in [2.75, 3.05) is 19.7 Å². The number of benzene rings is 1. The van der Waals surface area contributed by atoms with E-state index in [-0.39, 0.29) is 5.60 Å². The van der Waals surface area contributed by atoms with Gasteiger partial charge in [-0.2, -0.15) is 0 Å². The van der Waals surface area contributed by atoms with E-state index >= 15 is 0 Å². The summed E-state index contributed by atoms with van der Waals surface area (Å²) in [5, 5.41) is 3.47. The van der Waals surface area contributed by atoms with Crippen LogP contribution in [-0.4, -0.2) is 31.4 Å². The van der Waals surface area contributed by atoms with Crippen LogP contribution in [0.2, 0.25) is 0 Å². The number of ether oxygens (including phenoxy) is 2. The first kappa shape index (κ1) is 14.9. The molecule has 1 unspecified atom stereocenters. The number of nitrogens with one attached hydrogen (secondary N) is 1. The molecule has 1 aliphatic carbocycles. The third kappa shape index (κ3) is 3.98. The molecule has 1 saturated heterocycles. The second-order valence-corrected chi connectivity index (χ2v) is 6.54. The quantitative estimate of drug-likeness (QED) is 0.814. The Morgan fingerprint density at radius 2 is 2.14 bits per heavy atom. The van der Waals surface area contributed by atoms with Crippen LogP contribution in [0.25, 0.3) is 0 Å². The molecule has 2 aliphatic rings. The molecule has 1 spiro atoms. The van der Waals surface area contributed by atoms with Crippen LogP contribution >= 0.6 is 0 Å². The van der Waals surface area contributed by atoms with Crippen LogP contribution in [0.4, 0.5) is 0 Å². The Bertz CT molecular complexity index is 454. The second kappa shape index (κ2) is 6.80. The summed E-state index contributed by atoms with van der Waals surface area (Å²) in [6.45, 7) is 4.63. The van der Waals surface area contributed by atoms with Gasteiger partial charge in [0, 0.05) is 13.1 Å². The largest absolute Gasteiger partial charge is 0.492 e. The van der Waals surface area contributed by atoms with Gasteiger partial charge >= 0.3 is 0 Å². The van der Waals surface area contributed by atoms with Crippen LogP contribution in [0.15, 0.2) is 24.3 Å². The molecule has 0 aromatic heterocycles. The molecular weight excluding hydrogens is 262 g/mol. The fourth-order valence-electron chi connectivity index (χ4n) is 3.64. The lowest BCUT2D eigenvalue weighted by Crippen LogP contribution is -2.32. The van der Waals surface area contributed by atoms with E-state index < -0.39 is 0 Å². The van der Waals surface area contributed by atoms with E-state index in [1.54, 1.807) is 0 Å². The zero-order valence-electron chi connectivity index (χ0n) is 13.1. The van der Waals surface area contributed by atoms with Crippen LogP contribution in [0, 0.1) is 6.92 Å². The summed E-state index contributed by atoms with van der Waals surface area (Å²) in [5.74, 6) is 0.957. The normalized spacial score (nSPS) is 23.8. The molecule has 1 aromatic rings. The van der Waals surface area contributed by atoms with Gasteiger partial charge < -0.3 is 14.8 Å². The van der Waals surface area contributed by atoms with Crippen LogP contribution in [0.3, 0.4) is 0 Å². The number of aryl methyl sites for hydroxylation is 1. The van der Waals surface area contributed by atoms with Gasteiger partial charge in [-0.1, -0.05) is 25.0 Å². The van der Waals surface area contributed by atoms with Gasteiger partial charge in [0.2, 0.25) is 0 Å². The van der Waals surface area contributed by atoms with Crippen molar-refractivity contribution in [1.82, 2.24) is 5.32 Å². The number of hydrogen-bond acceptors (Lipinski definition) is 3. The highest BCUT2D eigenvalue weighted by atomic mass is 16.5. The van der Waals surface area contributed by atoms with E-state index in [9.17, 15) is 0 Å². The van der Waals surface area contributed by atoms with Gasteiger partial charge in [-0.15, -0.1) is 0 Å². The lowest BCUT2D eigenvalue weighted by Gasteiger charge is -2.23. The average molecular weight is 289 g/mol. The van der Waals surface area contributed by atoms with Gasteiger partial charge in [0.1, 0.15) is 12.4 Å². The maximum absolute atomic E-state index is 6.29. The lowest BCUT2D eigenvalue weighted by molar-refractivity contribution is -0.0351. The Morgan fingerprint density at radius 1 is 1.29 bits per heavy atom. The van der Waals surface area contributed by atoms with Gasteiger partial charge in [-0.25, -0.2) is 0 Å². The molecule has 1 aromatic carbocycles. The fourth-order valence-corrected chi connectivity index (χ4v) is 3.64. The first-order valence-corrected chi connectivity index (χ1v) is 8.34. The first-order chi connectivity index (χ1) is 10.3. The molecule has 1 saturated carbocycles. The molecule has 0 amide bonds. The van der Waals surface area contributed by atoms with Crippen molar-refractivity contribution < 1.29 is 9.47 Å². The van der Waals surface area contributed by atoms with Crippen molar-refractivity contribution >= 4 is 0 Å². The highest BCUT2D eigenvalue weighted by molar-refractivity contribution is 5.27. The molecule has 1 heterocycles. The summed E-state index contributed by atoms with van der Waals surface area (Å²) in [7, 11) is 0. The molecule has 3 nitrogen and oxygen atoms in total. The third-order valence-electron chi connectivity index (χ3n) is 4.76. The zero-order valence-corrected chi connectivity index (χ0v) is 13.1. The molecule has 3 rings (SSSR count). The molecule has 0 radical (unpaired) electrons. The zero-order chi connectivity index (χ0) is 14.5. The smallest absolute Gasteiger partial charge is 0.119 e. The second-order valence-electron chi connectivity index (χ2n) is 6.54. The minimum atomic E-state index is 0.254. The van der Waals surface area contributed by atoms with Crippen molar-refractivity contribution in [3.8, 4) is 5.75 Å². The summed E-state index contributed by atoms with van der Waals surface area (Å²) < 4.78 is 12.0. The van der Waals surface area contributed by atoms with Crippen molar-refractivity contribution in [3.05, 3.63) is 29.8 Å². The molecule has 2 fully saturated rings. The number of hydrogen-bond donors (Lipinski definition) is 1. The van der Waals surface area contributed by atoms with Crippen molar-refractivity contribution in [2.24, 2.45) is 0 Å². The predicted octanol–water partition coefficient (Wildman–Crippen LogP) is 3.46. The molecule has 1 aliphatic heterocycles. The first-order valence-electron chi connectivity index (χ1n) is 8.34. The Morgan fingerprint density at radius 3 is 2.95 bits per heavy atom. The van der Waals surface area contributed by atoms with E-state index in [0.717, 1.165) is 18.8 Å². The molecule has 1 N–H and O–H groups in total. The van der Waals surface area contributed by atoms with E-state index in [4.69, 9.17) is 9.47 Å². The summed E-state index contributed by atoms with van der Waals surface area (Å²) in [4.78, 5) is 0. The van der Waals surface area contributed by atoms with Crippen LogP contribution in [-0.2, 0) is 4.74 Å². The SMILES string of the molecule is Cc1cccc(OCCNCC2CCC3(CCCC3)O2)c1. The summed E-state index contributed by atoms with van der Waals surface area (Å²) in [5.41, 5.74) is 1.49. The van der Waals surface area contributed by atoms with Gasteiger partial charge in [-0.3, -0.25) is 0 Å². The van der Waals surface area contributed by atoms with Gasteiger partial charge in [0.05, 0.1) is 11.7 Å². The van der Waals surface area contributed by atoms with Crippen LogP contribution < -0.4 is 10.1 Å². The van der Waals surface area contributed by atoms with Crippen molar-refractivity contribution in [1.29, 1.82) is 0 Å². The predicted molar refractivity (Wildman–Crippen MR) is 84.8 cm³/mol. The Kier molecular flexibility index (Phi) is 4.81. The van der Waals surface area contributed by atoms with E-state index in [1.165, 1.54) is 44.1 Å². The van der Waals surface area contributed by atoms with E-state index in [1.807, 2.05) is 12.1 Å². The molecule has 3 heteroatoms. The third-order valence-corrected chi connectivity index (χ3v) is 4.76. The monoisotopic (exact) mass is 289 g/mol. The molecule has 1 atom stereocenters. The summed E-state index contributed by atoms with van der Waals surface area (Å²) in [6.07, 6.45) is 8.14. The van der Waals surface area contributed by atoms with Gasteiger partial charge in [0.25, 0.3) is 0 Å². The number of rotatable bonds is 6. The topological polar surface area (TPSA) is 30.5 Å². The van der Waals surface area contributed by atoms with Crippen LogP contribution in [0.5, 0.6) is 5.75 Å². The van der Waals surface area contributed by atoms with Crippen molar-refractivity contribution in [3.63, 3.8) is 0 Å². The van der Waals surface area contributed by atoms with Gasteiger partial charge in [0.15, 0.2) is 0 Å². The van der Waals surface area contributed by atoms with Gasteiger partial charge in [-0.05, 0) is 50.3 Å². The Labute approximate surface area is 128 Å². The van der Waals surface area contributed by atoms with Crippen LogP contribution in [0.1, 0.15) is 44.1 Å². The molecule has 21 heavy (non-hydrogen) atoms. The highest BCUT2D eigenvalue weighted by Gasteiger charge is 2.41. The summed E-state index contributed by atoms with van der Waals surface area (Å²) in [6, 6.07) is 8.20. The molecular formula is C18H27NO2. The minimum absolute atomic E-state index is 0.254. The maximum Gasteiger partial charge on any atom is 0.119 e. The van der Waals surface area contributed by atoms with E-state index in [2.05, 4.69) is 24.4 Å². The maximum atomic E-state index is 6.29. The fraction of sp³-hybridized carbons (Fsp3) is 0.667. The summed E-state index contributed by atoms with van der Waals surface area (Å²) >= 11 is 0. The average Bonchev–Trinajstić information content (AvgIpc) is 3.09. The standard InChI is InChI=1S/C18H27NO2/c1-15-5-4-6-16(13-15)20-12-11-19-14-17-7-10-18(21-17)8-2-3-9-18/h4-6,13,17,19H,2-3,7-12,14H2,1H3. The highest BCUT2D eigenvalue weighted by Crippen LogP contribution is 2.43. The Balaban J connectivity index is 1.30. The van der Waals surface area contributed by atoms with Crippen molar-refractivity contribution in [2.45, 2.75) is 57.2 Å². The Hall–Kier alpha value is -1.06. The van der Waals surface area contributed by atoms with E-state index in [0.29, 0.717) is 12.7 Å². The molecule has 0 bridgehead atoms.